The van der Waals surface area contributed by atoms with Gasteiger partial charge in [0.15, 0.2) is 0 Å². The zero-order valence-corrected chi connectivity index (χ0v) is 16.1. The quantitative estimate of drug-likeness (QED) is 0.735. The first-order valence-electron chi connectivity index (χ1n) is 8.66. The van der Waals surface area contributed by atoms with Crippen LogP contribution < -0.4 is 5.32 Å². The number of phenols is 1. The molecule has 0 atom stereocenters. The molecule has 2 aromatic carbocycles. The van der Waals surface area contributed by atoms with E-state index in [4.69, 9.17) is 0 Å². The van der Waals surface area contributed by atoms with Crippen molar-refractivity contribution in [3.63, 3.8) is 0 Å². The number of nitrogens with one attached hydrogen (secondary N) is 1. The first-order valence-corrected chi connectivity index (χ1v) is 8.66. The molecule has 0 aliphatic carbocycles. The number of rotatable bonds is 3. The molecule has 2 rings (SSSR count). The average Bonchev–Trinajstić information content (AvgIpc) is 2.43. The molecular weight excluding hydrogens is 294 g/mol. The second kappa shape index (κ2) is 6.51. The molecule has 24 heavy (non-hydrogen) atoms. The maximum Gasteiger partial charge on any atom is 0.123 e. The van der Waals surface area contributed by atoms with Crippen LogP contribution in [0.15, 0.2) is 36.4 Å². The van der Waals surface area contributed by atoms with Crippen LogP contribution in [0.1, 0.15) is 63.8 Å². The average molecular weight is 325 g/mol. The van der Waals surface area contributed by atoms with Gasteiger partial charge < -0.3 is 10.4 Å². The van der Waals surface area contributed by atoms with Crippen LogP contribution >= 0.6 is 0 Å². The monoisotopic (exact) mass is 325 g/mol. The lowest BCUT2D eigenvalue weighted by Gasteiger charge is -2.28. The Morgan fingerprint density at radius 1 is 0.875 bits per heavy atom. The van der Waals surface area contributed by atoms with E-state index in [1.54, 1.807) is 0 Å². The molecule has 0 aromatic heterocycles. The Balaban J connectivity index is 2.39. The third kappa shape index (κ3) is 4.31. The minimum atomic E-state index is -0.0938. The summed E-state index contributed by atoms with van der Waals surface area (Å²) in [5, 5.41) is 14.3. The molecule has 0 saturated carbocycles. The lowest BCUT2D eigenvalue weighted by Crippen LogP contribution is -2.18. The van der Waals surface area contributed by atoms with Crippen LogP contribution in [-0.2, 0) is 17.4 Å². The van der Waals surface area contributed by atoms with E-state index in [1.807, 2.05) is 0 Å². The van der Waals surface area contributed by atoms with Crippen molar-refractivity contribution < 1.29 is 5.11 Å². The van der Waals surface area contributed by atoms with Gasteiger partial charge in [0, 0.05) is 12.2 Å². The Bertz CT molecular complexity index is 682. The van der Waals surface area contributed by atoms with Crippen molar-refractivity contribution in [2.24, 2.45) is 0 Å². The molecule has 0 aliphatic heterocycles. The molecule has 0 amide bonds. The van der Waals surface area contributed by atoms with Gasteiger partial charge in [-0.1, -0.05) is 53.7 Å². The van der Waals surface area contributed by atoms with E-state index in [9.17, 15) is 5.11 Å². The summed E-state index contributed by atoms with van der Waals surface area (Å²) in [5.41, 5.74) is 5.40. The summed E-state index contributed by atoms with van der Waals surface area (Å²) in [4.78, 5) is 0. The van der Waals surface area contributed by atoms with Crippen LogP contribution in [0.4, 0.5) is 5.69 Å². The number of aryl methyl sites for hydroxylation is 1. The summed E-state index contributed by atoms with van der Waals surface area (Å²) >= 11 is 0. The second-order valence-corrected chi connectivity index (χ2v) is 8.76. The van der Waals surface area contributed by atoms with Crippen LogP contribution in [0, 0.1) is 6.92 Å². The first kappa shape index (κ1) is 18.4. The number of benzene rings is 2. The molecule has 2 aromatic rings. The van der Waals surface area contributed by atoms with Crippen molar-refractivity contribution in [3.8, 4) is 5.75 Å². The number of hydrogen-bond acceptors (Lipinski definition) is 2. The fourth-order valence-corrected chi connectivity index (χ4v) is 2.90. The number of hydrogen-bond donors (Lipinski definition) is 2. The van der Waals surface area contributed by atoms with Crippen LogP contribution in [0.5, 0.6) is 5.75 Å². The highest BCUT2D eigenvalue weighted by atomic mass is 16.3. The zero-order chi connectivity index (χ0) is 18.1. The van der Waals surface area contributed by atoms with Crippen molar-refractivity contribution in [1.82, 2.24) is 0 Å². The minimum Gasteiger partial charge on any atom is -0.507 e. The molecule has 0 aliphatic rings. The topological polar surface area (TPSA) is 32.3 Å². The third-order valence-electron chi connectivity index (χ3n) is 4.30. The predicted molar refractivity (Wildman–Crippen MR) is 104 cm³/mol. The third-order valence-corrected chi connectivity index (χ3v) is 4.30. The number of phenolic OH excluding ortho intramolecular Hbond substituents is 1. The summed E-state index contributed by atoms with van der Waals surface area (Å²) in [6, 6.07) is 12.7. The van der Waals surface area contributed by atoms with Crippen LogP contribution in [0.3, 0.4) is 0 Å². The normalized spacial score (nSPS) is 12.3. The molecule has 0 saturated heterocycles. The van der Waals surface area contributed by atoms with Crippen molar-refractivity contribution >= 4 is 5.69 Å². The van der Waals surface area contributed by atoms with Gasteiger partial charge in [0.05, 0.1) is 0 Å². The molecule has 130 valence electrons. The van der Waals surface area contributed by atoms with Gasteiger partial charge in [-0.25, -0.2) is 0 Å². The molecule has 0 bridgehead atoms. The molecular formula is C22H31NO. The molecule has 0 radical (unpaired) electrons. The van der Waals surface area contributed by atoms with Gasteiger partial charge in [0.1, 0.15) is 5.75 Å². The Labute approximate surface area is 146 Å². The van der Waals surface area contributed by atoms with E-state index in [1.165, 1.54) is 11.1 Å². The minimum absolute atomic E-state index is 0.0938. The molecule has 2 N–H and O–H groups in total. The smallest absolute Gasteiger partial charge is 0.123 e. The maximum absolute atomic E-state index is 10.8. The van der Waals surface area contributed by atoms with Crippen LogP contribution in [0.25, 0.3) is 0 Å². The summed E-state index contributed by atoms with van der Waals surface area (Å²) in [6.45, 7) is 15.7. The van der Waals surface area contributed by atoms with Crippen LogP contribution in [-0.4, -0.2) is 5.11 Å². The van der Waals surface area contributed by atoms with E-state index in [2.05, 4.69) is 90.2 Å². The van der Waals surface area contributed by atoms with Gasteiger partial charge in [-0.05, 0) is 64.3 Å². The maximum atomic E-state index is 10.8. The summed E-state index contributed by atoms with van der Waals surface area (Å²) in [6.07, 6.45) is 0. The summed E-state index contributed by atoms with van der Waals surface area (Å²) in [7, 11) is 0. The van der Waals surface area contributed by atoms with Gasteiger partial charge in [0.25, 0.3) is 0 Å². The highest BCUT2D eigenvalue weighted by Crippen LogP contribution is 2.39. The Kier molecular flexibility index (Phi) is 4.98. The Morgan fingerprint density at radius 3 is 1.88 bits per heavy atom. The Hall–Kier alpha value is -1.96. The van der Waals surface area contributed by atoms with Crippen molar-refractivity contribution in [3.05, 3.63) is 58.7 Å². The van der Waals surface area contributed by atoms with Gasteiger partial charge in [-0.15, -0.1) is 0 Å². The number of anilines is 1. The van der Waals surface area contributed by atoms with Gasteiger partial charge in [-0.3, -0.25) is 0 Å². The lowest BCUT2D eigenvalue weighted by molar-refractivity contribution is 0.423. The largest absolute Gasteiger partial charge is 0.507 e. The van der Waals surface area contributed by atoms with E-state index in [0.29, 0.717) is 5.75 Å². The molecule has 0 spiro atoms. The van der Waals surface area contributed by atoms with Crippen molar-refractivity contribution in [2.45, 2.75) is 65.8 Å². The molecule has 0 unspecified atom stereocenters. The standard InChI is InChI=1S/C22H31NO/c1-15-9-8-10-17(11-15)23-14-16-12-18(21(2,3)4)20(24)19(13-16)22(5,6)7/h8-13,23-24H,14H2,1-7H3. The van der Waals surface area contributed by atoms with Gasteiger partial charge >= 0.3 is 0 Å². The highest BCUT2D eigenvalue weighted by molar-refractivity contribution is 5.51. The second-order valence-electron chi connectivity index (χ2n) is 8.76. The molecule has 0 heterocycles. The van der Waals surface area contributed by atoms with E-state index < -0.39 is 0 Å². The van der Waals surface area contributed by atoms with Crippen molar-refractivity contribution in [2.75, 3.05) is 5.32 Å². The van der Waals surface area contributed by atoms with E-state index >= 15 is 0 Å². The highest BCUT2D eigenvalue weighted by Gasteiger charge is 2.26. The SMILES string of the molecule is Cc1cccc(NCc2cc(C(C)(C)C)c(O)c(C(C)(C)C)c2)c1. The van der Waals surface area contributed by atoms with E-state index in [0.717, 1.165) is 23.4 Å². The summed E-state index contributed by atoms with van der Waals surface area (Å²) < 4.78 is 0. The molecule has 2 heteroatoms. The number of aromatic hydroxyl groups is 1. The van der Waals surface area contributed by atoms with E-state index in [-0.39, 0.29) is 10.8 Å². The lowest BCUT2D eigenvalue weighted by atomic mass is 9.78. The Morgan fingerprint density at radius 2 is 1.42 bits per heavy atom. The van der Waals surface area contributed by atoms with Crippen molar-refractivity contribution in [1.29, 1.82) is 0 Å². The fraction of sp³-hybridized carbons (Fsp3) is 0.455. The first-order chi connectivity index (χ1) is 11.0. The van der Waals surface area contributed by atoms with Gasteiger partial charge in [-0.2, -0.15) is 0 Å². The fourth-order valence-electron chi connectivity index (χ4n) is 2.90. The summed E-state index contributed by atoms with van der Waals surface area (Å²) in [5.74, 6) is 0.439. The predicted octanol–water partition coefficient (Wildman–Crippen LogP) is 5.91. The molecule has 2 nitrogen and oxygen atoms in total. The van der Waals surface area contributed by atoms with Crippen LogP contribution in [0.2, 0.25) is 0 Å². The van der Waals surface area contributed by atoms with Gasteiger partial charge in [0.2, 0.25) is 0 Å². The molecule has 0 fully saturated rings. The zero-order valence-electron chi connectivity index (χ0n) is 16.1.